The van der Waals surface area contributed by atoms with E-state index in [9.17, 15) is 9.90 Å². The number of carbonyl (C=O) groups excluding carboxylic acids is 1. The number of hydrogen-bond donors (Lipinski definition) is 1. The molecule has 5 heteroatoms. The predicted molar refractivity (Wildman–Crippen MR) is 92.2 cm³/mol. The van der Waals surface area contributed by atoms with Gasteiger partial charge in [-0.25, -0.2) is 0 Å². The van der Waals surface area contributed by atoms with Crippen LogP contribution in [0.4, 0.5) is 0 Å². The van der Waals surface area contributed by atoms with E-state index in [1.807, 2.05) is 68.1 Å². The monoisotopic (exact) mass is 319 g/mol. The minimum Gasteiger partial charge on any atom is -0.389 e. The highest BCUT2D eigenvalue weighted by atomic mass is 16.3. The maximum atomic E-state index is 12.9. The summed E-state index contributed by atoms with van der Waals surface area (Å²) in [5, 5.41) is 9.93. The maximum absolute atomic E-state index is 12.9. The van der Waals surface area contributed by atoms with Crippen LogP contribution in [0, 0.1) is 0 Å². The molecule has 1 amide bonds. The molecule has 1 aliphatic rings. The Kier molecular flexibility index (Phi) is 5.79. The summed E-state index contributed by atoms with van der Waals surface area (Å²) >= 11 is 0. The van der Waals surface area contributed by atoms with Crippen LogP contribution in [0.3, 0.4) is 0 Å². The molecule has 1 unspecified atom stereocenters. The number of likely N-dealkylation sites (N-methyl/N-ethyl adjacent to an activating group) is 1. The van der Waals surface area contributed by atoms with E-state index in [1.54, 1.807) is 0 Å². The SMILES string of the molecule is CN(C)C(C(=O)N1CCN(CC(C)(C)O)CC1)c1ccccc1. The third-order valence-corrected chi connectivity index (χ3v) is 4.16. The predicted octanol–water partition coefficient (Wildman–Crippen LogP) is 1.20. The highest BCUT2D eigenvalue weighted by molar-refractivity contribution is 5.83. The van der Waals surface area contributed by atoms with Crippen molar-refractivity contribution < 1.29 is 9.90 Å². The lowest BCUT2D eigenvalue weighted by molar-refractivity contribution is -0.138. The van der Waals surface area contributed by atoms with E-state index in [1.165, 1.54) is 0 Å². The Morgan fingerprint density at radius 2 is 1.74 bits per heavy atom. The molecular weight excluding hydrogens is 290 g/mol. The molecule has 1 aliphatic heterocycles. The lowest BCUT2D eigenvalue weighted by atomic mass is 10.0. The molecular formula is C18H29N3O2. The summed E-state index contributed by atoms with van der Waals surface area (Å²) < 4.78 is 0. The van der Waals surface area contributed by atoms with Crippen LogP contribution in [0.1, 0.15) is 25.5 Å². The van der Waals surface area contributed by atoms with Crippen LogP contribution in [0.5, 0.6) is 0 Å². The van der Waals surface area contributed by atoms with E-state index in [0.29, 0.717) is 19.6 Å². The van der Waals surface area contributed by atoms with Crippen LogP contribution in [-0.4, -0.2) is 78.1 Å². The normalized spacial score (nSPS) is 18.3. The van der Waals surface area contributed by atoms with Gasteiger partial charge in [0.25, 0.3) is 0 Å². The van der Waals surface area contributed by atoms with Crippen LogP contribution in [0.15, 0.2) is 30.3 Å². The van der Waals surface area contributed by atoms with Crippen molar-refractivity contribution in [2.24, 2.45) is 0 Å². The molecule has 1 saturated heterocycles. The van der Waals surface area contributed by atoms with Gasteiger partial charge in [0, 0.05) is 32.7 Å². The number of benzene rings is 1. The Balaban J connectivity index is 2.00. The first kappa shape index (κ1) is 17.9. The zero-order valence-corrected chi connectivity index (χ0v) is 14.7. The molecule has 1 fully saturated rings. The molecule has 0 aliphatic carbocycles. The van der Waals surface area contributed by atoms with E-state index in [2.05, 4.69) is 4.90 Å². The Hall–Kier alpha value is -1.43. The molecule has 1 aromatic carbocycles. The summed E-state index contributed by atoms with van der Waals surface area (Å²) in [6.45, 7) is 7.34. The topological polar surface area (TPSA) is 47.0 Å². The van der Waals surface area contributed by atoms with Crippen molar-refractivity contribution in [3.8, 4) is 0 Å². The second-order valence-electron chi connectivity index (χ2n) is 7.19. The summed E-state index contributed by atoms with van der Waals surface area (Å²) in [6.07, 6.45) is 0. The highest BCUT2D eigenvalue weighted by Gasteiger charge is 2.30. The van der Waals surface area contributed by atoms with Gasteiger partial charge in [0.05, 0.1) is 5.60 Å². The third-order valence-electron chi connectivity index (χ3n) is 4.16. The van der Waals surface area contributed by atoms with Crippen LogP contribution in [0.2, 0.25) is 0 Å². The standard InChI is InChI=1S/C18H29N3O2/c1-18(2,23)14-20-10-12-21(13-11-20)17(22)16(19(3)4)15-8-6-5-7-9-15/h5-9,16,23H,10-14H2,1-4H3. The molecule has 0 radical (unpaired) electrons. The van der Waals surface area contributed by atoms with Crippen molar-refractivity contribution in [1.29, 1.82) is 0 Å². The average molecular weight is 319 g/mol. The molecule has 0 aromatic heterocycles. The van der Waals surface area contributed by atoms with Crippen LogP contribution in [-0.2, 0) is 4.79 Å². The van der Waals surface area contributed by atoms with Gasteiger partial charge in [0.1, 0.15) is 6.04 Å². The van der Waals surface area contributed by atoms with Gasteiger partial charge < -0.3 is 10.0 Å². The number of rotatable bonds is 5. The zero-order chi connectivity index (χ0) is 17.0. The second-order valence-corrected chi connectivity index (χ2v) is 7.19. The fourth-order valence-electron chi connectivity index (χ4n) is 3.14. The van der Waals surface area contributed by atoms with Gasteiger partial charge >= 0.3 is 0 Å². The first-order valence-electron chi connectivity index (χ1n) is 8.23. The van der Waals surface area contributed by atoms with Gasteiger partial charge in [-0.3, -0.25) is 14.6 Å². The summed E-state index contributed by atoms with van der Waals surface area (Å²) in [5.41, 5.74) is 0.337. The molecule has 0 bridgehead atoms. The van der Waals surface area contributed by atoms with E-state index in [-0.39, 0.29) is 11.9 Å². The molecule has 2 rings (SSSR count). The molecule has 5 nitrogen and oxygen atoms in total. The number of piperazine rings is 1. The fraction of sp³-hybridized carbons (Fsp3) is 0.611. The second kappa shape index (κ2) is 7.43. The van der Waals surface area contributed by atoms with E-state index >= 15 is 0 Å². The van der Waals surface area contributed by atoms with Crippen molar-refractivity contribution in [3.05, 3.63) is 35.9 Å². The highest BCUT2D eigenvalue weighted by Crippen LogP contribution is 2.21. The minimum atomic E-state index is -0.692. The molecule has 1 atom stereocenters. The lowest BCUT2D eigenvalue weighted by Gasteiger charge is -2.39. The first-order valence-corrected chi connectivity index (χ1v) is 8.23. The Labute approximate surface area is 139 Å². The van der Waals surface area contributed by atoms with Crippen LogP contribution >= 0.6 is 0 Å². The average Bonchev–Trinajstić information content (AvgIpc) is 2.47. The third kappa shape index (κ3) is 5.03. The molecule has 23 heavy (non-hydrogen) atoms. The van der Waals surface area contributed by atoms with Gasteiger partial charge in [0.15, 0.2) is 0 Å². The quantitative estimate of drug-likeness (QED) is 0.886. The smallest absolute Gasteiger partial charge is 0.244 e. The largest absolute Gasteiger partial charge is 0.389 e. The Bertz CT molecular complexity index is 503. The van der Waals surface area contributed by atoms with Gasteiger partial charge in [-0.15, -0.1) is 0 Å². The summed E-state index contributed by atoms with van der Waals surface area (Å²) in [5.74, 6) is 0.157. The number of aliphatic hydroxyl groups is 1. The van der Waals surface area contributed by atoms with E-state index < -0.39 is 5.60 Å². The Morgan fingerprint density at radius 3 is 2.22 bits per heavy atom. The number of β-amino-alcohol motifs (C(OH)–C–C–N with tert-alkyl or cyclic N) is 1. The zero-order valence-electron chi connectivity index (χ0n) is 14.7. The minimum absolute atomic E-state index is 0.157. The van der Waals surface area contributed by atoms with Crippen molar-refractivity contribution in [2.45, 2.75) is 25.5 Å². The number of nitrogens with zero attached hydrogens (tertiary/aromatic N) is 3. The molecule has 1 aromatic rings. The van der Waals surface area contributed by atoms with Crippen molar-refractivity contribution >= 4 is 5.91 Å². The van der Waals surface area contributed by atoms with Gasteiger partial charge in [0.2, 0.25) is 5.91 Å². The van der Waals surface area contributed by atoms with Crippen molar-refractivity contribution in [1.82, 2.24) is 14.7 Å². The van der Waals surface area contributed by atoms with E-state index in [4.69, 9.17) is 0 Å². The Morgan fingerprint density at radius 1 is 1.17 bits per heavy atom. The first-order chi connectivity index (χ1) is 10.8. The summed E-state index contributed by atoms with van der Waals surface area (Å²) in [4.78, 5) is 19.1. The molecule has 0 spiro atoms. The van der Waals surface area contributed by atoms with Crippen molar-refractivity contribution in [2.75, 3.05) is 46.8 Å². The van der Waals surface area contributed by atoms with Crippen molar-refractivity contribution in [3.63, 3.8) is 0 Å². The van der Waals surface area contributed by atoms with Crippen LogP contribution in [0.25, 0.3) is 0 Å². The number of amides is 1. The molecule has 128 valence electrons. The maximum Gasteiger partial charge on any atom is 0.244 e. The van der Waals surface area contributed by atoms with Gasteiger partial charge in [-0.05, 0) is 33.5 Å². The lowest BCUT2D eigenvalue weighted by Crippen LogP contribution is -2.53. The fourth-order valence-corrected chi connectivity index (χ4v) is 3.14. The number of carbonyl (C=O) groups is 1. The number of hydrogen-bond acceptors (Lipinski definition) is 4. The van der Waals surface area contributed by atoms with Crippen LogP contribution < -0.4 is 0 Å². The molecule has 1 heterocycles. The molecule has 1 N–H and O–H groups in total. The summed E-state index contributed by atoms with van der Waals surface area (Å²) in [7, 11) is 3.89. The summed E-state index contributed by atoms with van der Waals surface area (Å²) in [6, 6.07) is 9.69. The molecule has 0 saturated carbocycles. The van der Waals surface area contributed by atoms with Gasteiger partial charge in [-0.1, -0.05) is 30.3 Å². The van der Waals surface area contributed by atoms with Gasteiger partial charge in [-0.2, -0.15) is 0 Å². The van der Waals surface area contributed by atoms with E-state index in [0.717, 1.165) is 18.7 Å².